The SMILES string of the molecule is Cl.Nc1cnc2c(c1)nc1n2CCC1. The van der Waals surface area contributed by atoms with Crippen LogP contribution in [0.3, 0.4) is 0 Å². The summed E-state index contributed by atoms with van der Waals surface area (Å²) in [4.78, 5) is 8.76. The van der Waals surface area contributed by atoms with Crippen LogP contribution in [0.5, 0.6) is 0 Å². The molecule has 0 radical (unpaired) electrons. The monoisotopic (exact) mass is 210 g/mol. The first-order valence-corrected chi connectivity index (χ1v) is 4.45. The minimum absolute atomic E-state index is 0. The van der Waals surface area contributed by atoms with E-state index in [0.717, 1.165) is 30.0 Å². The molecule has 0 fully saturated rings. The Morgan fingerprint density at radius 2 is 2.29 bits per heavy atom. The third-order valence-corrected chi connectivity index (χ3v) is 2.47. The number of imidazole rings is 1. The minimum Gasteiger partial charge on any atom is -0.397 e. The number of rotatable bonds is 0. The van der Waals surface area contributed by atoms with Crippen LogP contribution in [0.1, 0.15) is 12.2 Å². The number of hydrogen-bond acceptors (Lipinski definition) is 3. The molecule has 3 rings (SSSR count). The third kappa shape index (κ3) is 1.14. The topological polar surface area (TPSA) is 56.7 Å². The van der Waals surface area contributed by atoms with E-state index in [1.165, 1.54) is 6.42 Å². The zero-order valence-electron chi connectivity index (χ0n) is 7.60. The van der Waals surface area contributed by atoms with Crippen molar-refractivity contribution in [1.29, 1.82) is 0 Å². The average molecular weight is 211 g/mol. The number of aromatic nitrogens is 3. The molecule has 0 aliphatic carbocycles. The molecule has 14 heavy (non-hydrogen) atoms. The lowest BCUT2D eigenvalue weighted by Crippen LogP contribution is -1.94. The van der Waals surface area contributed by atoms with Crippen LogP contribution in [0.25, 0.3) is 11.2 Å². The summed E-state index contributed by atoms with van der Waals surface area (Å²) in [5.41, 5.74) is 8.21. The van der Waals surface area contributed by atoms with Crippen LogP contribution < -0.4 is 5.73 Å². The second-order valence-corrected chi connectivity index (χ2v) is 3.39. The summed E-state index contributed by atoms with van der Waals surface area (Å²) in [6.07, 6.45) is 3.94. The number of pyridine rings is 1. The minimum atomic E-state index is 0. The van der Waals surface area contributed by atoms with Gasteiger partial charge in [-0.15, -0.1) is 12.4 Å². The summed E-state index contributed by atoms with van der Waals surface area (Å²) in [5, 5.41) is 0. The van der Waals surface area contributed by atoms with Gasteiger partial charge in [0.15, 0.2) is 5.65 Å². The first-order valence-electron chi connectivity index (χ1n) is 4.45. The van der Waals surface area contributed by atoms with Crippen molar-refractivity contribution in [2.24, 2.45) is 0 Å². The van der Waals surface area contributed by atoms with Crippen LogP contribution in [0.2, 0.25) is 0 Å². The van der Waals surface area contributed by atoms with Crippen molar-refractivity contribution in [3.63, 3.8) is 0 Å². The molecule has 0 spiro atoms. The highest BCUT2D eigenvalue weighted by molar-refractivity contribution is 5.85. The molecule has 0 amide bonds. The molecule has 0 bridgehead atoms. The Labute approximate surface area is 87.6 Å². The molecule has 1 aliphatic heterocycles. The van der Waals surface area contributed by atoms with E-state index in [9.17, 15) is 0 Å². The lowest BCUT2D eigenvalue weighted by Gasteiger charge is -1.96. The molecule has 2 aromatic rings. The molecule has 2 N–H and O–H groups in total. The number of nitrogens with zero attached hydrogens (tertiary/aromatic N) is 3. The number of aryl methyl sites for hydroxylation is 2. The first kappa shape index (κ1) is 9.27. The third-order valence-electron chi connectivity index (χ3n) is 2.47. The van der Waals surface area contributed by atoms with Crippen molar-refractivity contribution in [3.8, 4) is 0 Å². The maximum atomic E-state index is 5.63. The molecule has 3 heterocycles. The molecule has 0 atom stereocenters. The van der Waals surface area contributed by atoms with Crippen molar-refractivity contribution in [3.05, 3.63) is 18.1 Å². The van der Waals surface area contributed by atoms with Crippen LogP contribution in [-0.2, 0) is 13.0 Å². The summed E-state index contributed by atoms with van der Waals surface area (Å²) >= 11 is 0. The van der Waals surface area contributed by atoms with Crippen molar-refractivity contribution >= 4 is 29.3 Å². The first-order chi connectivity index (χ1) is 6.34. The Morgan fingerprint density at radius 3 is 3.14 bits per heavy atom. The van der Waals surface area contributed by atoms with E-state index in [0.29, 0.717) is 5.69 Å². The van der Waals surface area contributed by atoms with Crippen molar-refractivity contribution in [2.75, 3.05) is 5.73 Å². The zero-order chi connectivity index (χ0) is 8.84. The summed E-state index contributed by atoms with van der Waals surface area (Å²) in [7, 11) is 0. The summed E-state index contributed by atoms with van der Waals surface area (Å²) in [5.74, 6) is 1.15. The normalized spacial score (nSPS) is 14.0. The Bertz CT molecular complexity index is 477. The highest BCUT2D eigenvalue weighted by Gasteiger charge is 2.16. The predicted molar refractivity (Wildman–Crippen MR) is 57.5 cm³/mol. The Balaban J connectivity index is 0.000000750. The fraction of sp³-hybridized carbons (Fsp3) is 0.333. The molecule has 0 saturated carbocycles. The average Bonchev–Trinajstić information content (AvgIpc) is 2.62. The largest absolute Gasteiger partial charge is 0.397 e. The van der Waals surface area contributed by atoms with Gasteiger partial charge in [-0.2, -0.15) is 0 Å². The van der Waals surface area contributed by atoms with Gasteiger partial charge in [-0.25, -0.2) is 9.97 Å². The van der Waals surface area contributed by atoms with Gasteiger partial charge in [0.05, 0.1) is 11.9 Å². The van der Waals surface area contributed by atoms with E-state index >= 15 is 0 Å². The van der Waals surface area contributed by atoms with E-state index < -0.39 is 0 Å². The van der Waals surface area contributed by atoms with Crippen LogP contribution >= 0.6 is 12.4 Å². The number of nitrogens with two attached hydrogens (primary N) is 1. The van der Waals surface area contributed by atoms with Crippen molar-refractivity contribution < 1.29 is 0 Å². The van der Waals surface area contributed by atoms with E-state index in [-0.39, 0.29) is 12.4 Å². The fourth-order valence-electron chi connectivity index (χ4n) is 1.89. The molecule has 0 saturated heterocycles. The second-order valence-electron chi connectivity index (χ2n) is 3.39. The van der Waals surface area contributed by atoms with Gasteiger partial charge < -0.3 is 10.3 Å². The van der Waals surface area contributed by atoms with Crippen LogP contribution in [0, 0.1) is 0 Å². The number of anilines is 1. The lowest BCUT2D eigenvalue weighted by atomic mass is 10.3. The lowest BCUT2D eigenvalue weighted by molar-refractivity contribution is 0.764. The predicted octanol–water partition coefficient (Wildman–Crippen LogP) is 1.38. The van der Waals surface area contributed by atoms with Crippen molar-refractivity contribution in [1.82, 2.24) is 14.5 Å². The summed E-state index contributed by atoms with van der Waals surface area (Å²) < 4.78 is 2.18. The molecule has 74 valence electrons. The van der Waals surface area contributed by atoms with E-state index in [1.807, 2.05) is 6.07 Å². The van der Waals surface area contributed by atoms with Crippen LogP contribution in [0.4, 0.5) is 5.69 Å². The Hall–Kier alpha value is -1.29. The highest BCUT2D eigenvalue weighted by atomic mass is 35.5. The standard InChI is InChI=1S/C9H10N4.ClH/c10-6-4-7-9(11-5-6)13-3-1-2-8(13)12-7;/h4-5H,1-3,10H2;1H. The molecule has 5 heteroatoms. The van der Waals surface area contributed by atoms with Gasteiger partial charge >= 0.3 is 0 Å². The van der Waals surface area contributed by atoms with Gasteiger partial charge in [0, 0.05) is 13.0 Å². The number of nitrogen functional groups attached to an aromatic ring is 1. The number of halogens is 1. The van der Waals surface area contributed by atoms with Gasteiger partial charge in [0.1, 0.15) is 11.3 Å². The van der Waals surface area contributed by atoms with Gasteiger partial charge in [0.2, 0.25) is 0 Å². The molecule has 1 aliphatic rings. The van der Waals surface area contributed by atoms with E-state index in [1.54, 1.807) is 6.20 Å². The number of hydrogen-bond donors (Lipinski definition) is 1. The van der Waals surface area contributed by atoms with Crippen molar-refractivity contribution in [2.45, 2.75) is 19.4 Å². The van der Waals surface area contributed by atoms with E-state index in [2.05, 4.69) is 14.5 Å². The second kappa shape index (κ2) is 3.13. The quantitative estimate of drug-likeness (QED) is 0.715. The van der Waals surface area contributed by atoms with Crippen LogP contribution in [-0.4, -0.2) is 14.5 Å². The van der Waals surface area contributed by atoms with Gasteiger partial charge in [-0.05, 0) is 12.5 Å². The van der Waals surface area contributed by atoms with Gasteiger partial charge in [-0.3, -0.25) is 0 Å². The summed E-state index contributed by atoms with van der Waals surface area (Å²) in [6, 6.07) is 1.88. The molecular formula is C9H11ClN4. The Kier molecular flexibility index (Phi) is 2.07. The van der Waals surface area contributed by atoms with Gasteiger partial charge in [0.25, 0.3) is 0 Å². The van der Waals surface area contributed by atoms with Crippen LogP contribution in [0.15, 0.2) is 12.3 Å². The molecule has 4 nitrogen and oxygen atoms in total. The molecular weight excluding hydrogens is 200 g/mol. The molecule has 0 aromatic carbocycles. The fourth-order valence-corrected chi connectivity index (χ4v) is 1.89. The number of fused-ring (bicyclic) bond motifs is 3. The summed E-state index contributed by atoms with van der Waals surface area (Å²) in [6.45, 7) is 1.04. The molecule has 0 unspecified atom stereocenters. The van der Waals surface area contributed by atoms with E-state index in [4.69, 9.17) is 5.73 Å². The maximum absolute atomic E-state index is 5.63. The Morgan fingerprint density at radius 1 is 1.43 bits per heavy atom. The molecule has 2 aromatic heterocycles. The highest BCUT2D eigenvalue weighted by Crippen LogP contribution is 2.21. The zero-order valence-corrected chi connectivity index (χ0v) is 8.42. The smallest absolute Gasteiger partial charge is 0.160 e. The van der Waals surface area contributed by atoms with Gasteiger partial charge in [-0.1, -0.05) is 0 Å². The maximum Gasteiger partial charge on any atom is 0.160 e.